The summed E-state index contributed by atoms with van der Waals surface area (Å²) in [6, 6.07) is 23.1. The molecule has 0 spiro atoms. The number of para-hydroxylation sites is 1. The van der Waals surface area contributed by atoms with Gasteiger partial charge in [-0.2, -0.15) is 5.10 Å². The molecule has 6 heteroatoms. The molecule has 160 valence electrons. The maximum absolute atomic E-state index is 12.6. The van der Waals surface area contributed by atoms with E-state index in [1.165, 1.54) is 0 Å². The minimum Gasteiger partial charge on any atom is -0.488 e. The number of carbonyl (C=O) groups excluding carboxylic acids is 1. The van der Waals surface area contributed by atoms with Gasteiger partial charge >= 0.3 is 0 Å². The Hall–Kier alpha value is -3.12. The molecule has 3 aromatic carbocycles. The van der Waals surface area contributed by atoms with Crippen LogP contribution in [0.15, 0.2) is 82.4 Å². The van der Waals surface area contributed by atoms with Gasteiger partial charge in [-0.05, 0) is 60.9 Å². The monoisotopic (exact) mass is 479 g/mol. The normalized spacial score (nSPS) is 11.8. The number of carbonyl (C=O) groups is 1. The molecule has 0 saturated heterocycles. The maximum Gasteiger partial charge on any atom is 0.262 e. The molecule has 1 amide bonds. The Bertz CT molecular complexity index is 1050. The first-order valence-electron chi connectivity index (χ1n) is 10.2. The highest BCUT2D eigenvalue weighted by Crippen LogP contribution is 2.19. The quantitative estimate of drug-likeness (QED) is 0.306. The molecule has 0 saturated carbocycles. The Kier molecular flexibility index (Phi) is 8.24. The van der Waals surface area contributed by atoms with E-state index in [2.05, 4.69) is 31.8 Å². The van der Waals surface area contributed by atoms with E-state index in [-0.39, 0.29) is 11.9 Å². The number of ether oxygens (including phenoxy) is 1. The Balaban J connectivity index is 1.60. The van der Waals surface area contributed by atoms with Crippen LogP contribution in [0.25, 0.3) is 0 Å². The number of hydrogen-bond acceptors (Lipinski definition) is 4. The van der Waals surface area contributed by atoms with Gasteiger partial charge in [0.05, 0.1) is 6.21 Å². The first kappa shape index (κ1) is 22.6. The van der Waals surface area contributed by atoms with E-state index < -0.39 is 0 Å². The summed E-state index contributed by atoms with van der Waals surface area (Å²) >= 11 is 3.47. The van der Waals surface area contributed by atoms with E-state index in [1.807, 2.05) is 86.6 Å². The topological polar surface area (TPSA) is 62.7 Å². The first-order chi connectivity index (χ1) is 15.0. The largest absolute Gasteiger partial charge is 0.488 e. The first-order valence-corrected chi connectivity index (χ1v) is 11.0. The number of nitrogens with zero attached hydrogens (tertiary/aromatic N) is 1. The van der Waals surface area contributed by atoms with Gasteiger partial charge in [-0.15, -0.1) is 0 Å². The van der Waals surface area contributed by atoms with Crippen molar-refractivity contribution in [2.75, 3.05) is 5.32 Å². The summed E-state index contributed by atoms with van der Waals surface area (Å²) in [6.45, 7) is 4.42. The van der Waals surface area contributed by atoms with Crippen molar-refractivity contribution in [3.63, 3.8) is 0 Å². The van der Waals surface area contributed by atoms with Crippen LogP contribution < -0.4 is 15.5 Å². The standard InChI is InChI=1S/C25H26BrN3O2/c1-3-23(28-22-12-6-8-18(2)14-22)25(30)29-27-16-20-10-4-5-13-24(20)31-17-19-9-7-11-21(26)15-19/h4-16,23,28H,3,17H2,1-2H3,(H,29,30). The third-order valence-electron chi connectivity index (χ3n) is 4.66. The number of amides is 1. The molecule has 1 unspecified atom stereocenters. The van der Waals surface area contributed by atoms with Gasteiger partial charge in [0, 0.05) is 15.7 Å². The number of anilines is 1. The summed E-state index contributed by atoms with van der Waals surface area (Å²) in [5.41, 5.74) is 6.53. The molecule has 0 heterocycles. The minimum atomic E-state index is -0.373. The van der Waals surface area contributed by atoms with Crippen molar-refractivity contribution >= 4 is 33.7 Å². The van der Waals surface area contributed by atoms with Crippen molar-refractivity contribution in [2.45, 2.75) is 32.9 Å². The average molecular weight is 480 g/mol. The number of benzene rings is 3. The summed E-state index contributed by atoms with van der Waals surface area (Å²) < 4.78 is 6.97. The highest BCUT2D eigenvalue weighted by molar-refractivity contribution is 9.10. The number of rotatable bonds is 9. The predicted octanol–water partition coefficient (Wildman–Crippen LogP) is 5.68. The third kappa shape index (κ3) is 6.96. The summed E-state index contributed by atoms with van der Waals surface area (Å²) in [5.74, 6) is 0.512. The van der Waals surface area contributed by atoms with Crippen LogP contribution >= 0.6 is 15.9 Å². The van der Waals surface area contributed by atoms with Crippen LogP contribution in [0.3, 0.4) is 0 Å². The van der Waals surface area contributed by atoms with Crippen LogP contribution in [-0.4, -0.2) is 18.2 Å². The number of aryl methyl sites for hydroxylation is 1. The molecule has 3 rings (SSSR count). The van der Waals surface area contributed by atoms with Crippen LogP contribution in [-0.2, 0) is 11.4 Å². The van der Waals surface area contributed by atoms with Crippen molar-refractivity contribution in [1.82, 2.24) is 5.43 Å². The van der Waals surface area contributed by atoms with Crippen LogP contribution in [0, 0.1) is 6.92 Å². The second-order valence-electron chi connectivity index (χ2n) is 7.17. The van der Waals surface area contributed by atoms with Gasteiger partial charge < -0.3 is 10.1 Å². The van der Waals surface area contributed by atoms with Crippen molar-refractivity contribution < 1.29 is 9.53 Å². The molecule has 3 aromatic rings. The average Bonchev–Trinajstić information content (AvgIpc) is 2.77. The lowest BCUT2D eigenvalue weighted by molar-refractivity contribution is -0.121. The lowest BCUT2D eigenvalue weighted by atomic mass is 10.1. The van der Waals surface area contributed by atoms with Crippen molar-refractivity contribution in [1.29, 1.82) is 0 Å². The van der Waals surface area contributed by atoms with Crippen molar-refractivity contribution in [3.8, 4) is 5.75 Å². The van der Waals surface area contributed by atoms with E-state index >= 15 is 0 Å². The smallest absolute Gasteiger partial charge is 0.262 e. The second kappa shape index (κ2) is 11.3. The van der Waals surface area contributed by atoms with E-state index in [4.69, 9.17) is 4.74 Å². The van der Waals surface area contributed by atoms with E-state index in [1.54, 1.807) is 6.21 Å². The Labute approximate surface area is 191 Å². The van der Waals surface area contributed by atoms with Gasteiger partial charge in [-0.1, -0.05) is 59.3 Å². The number of nitrogens with one attached hydrogen (secondary N) is 2. The summed E-state index contributed by atoms with van der Waals surface area (Å²) in [6.07, 6.45) is 2.25. The van der Waals surface area contributed by atoms with Gasteiger partial charge in [-0.25, -0.2) is 5.43 Å². The highest BCUT2D eigenvalue weighted by Gasteiger charge is 2.15. The fraction of sp³-hybridized carbons (Fsp3) is 0.200. The predicted molar refractivity (Wildman–Crippen MR) is 130 cm³/mol. The lowest BCUT2D eigenvalue weighted by Gasteiger charge is -2.16. The van der Waals surface area contributed by atoms with Gasteiger partial charge in [-0.3, -0.25) is 4.79 Å². The summed E-state index contributed by atoms with van der Waals surface area (Å²) in [4.78, 5) is 12.6. The Morgan fingerprint density at radius 2 is 1.90 bits per heavy atom. The van der Waals surface area contributed by atoms with Crippen LogP contribution in [0.2, 0.25) is 0 Å². The molecule has 0 aliphatic carbocycles. The van der Waals surface area contributed by atoms with Gasteiger partial charge in [0.1, 0.15) is 18.4 Å². The molecule has 0 aliphatic heterocycles. The summed E-state index contributed by atoms with van der Waals surface area (Å²) in [5, 5.41) is 7.41. The molecule has 0 radical (unpaired) electrons. The zero-order valence-corrected chi connectivity index (χ0v) is 19.2. The van der Waals surface area contributed by atoms with Crippen LogP contribution in [0.1, 0.15) is 30.0 Å². The van der Waals surface area contributed by atoms with Gasteiger partial charge in [0.2, 0.25) is 0 Å². The molecule has 0 aliphatic rings. The van der Waals surface area contributed by atoms with Gasteiger partial charge in [0.25, 0.3) is 5.91 Å². The molecule has 0 aromatic heterocycles. The molecule has 2 N–H and O–H groups in total. The fourth-order valence-electron chi connectivity index (χ4n) is 3.04. The summed E-state index contributed by atoms with van der Waals surface area (Å²) in [7, 11) is 0. The van der Waals surface area contributed by atoms with E-state index in [9.17, 15) is 4.79 Å². The van der Waals surface area contributed by atoms with Crippen molar-refractivity contribution in [2.24, 2.45) is 5.10 Å². The van der Waals surface area contributed by atoms with E-state index in [0.717, 1.165) is 26.9 Å². The van der Waals surface area contributed by atoms with Crippen LogP contribution in [0.5, 0.6) is 5.75 Å². The Morgan fingerprint density at radius 3 is 2.68 bits per heavy atom. The molecular weight excluding hydrogens is 454 g/mol. The maximum atomic E-state index is 12.6. The number of hydrogen-bond donors (Lipinski definition) is 2. The second-order valence-corrected chi connectivity index (χ2v) is 8.08. The molecular formula is C25H26BrN3O2. The molecule has 5 nitrogen and oxygen atoms in total. The molecule has 0 bridgehead atoms. The van der Waals surface area contributed by atoms with Crippen molar-refractivity contribution in [3.05, 3.63) is 94.0 Å². The number of hydrazone groups is 1. The fourth-order valence-corrected chi connectivity index (χ4v) is 3.49. The lowest BCUT2D eigenvalue weighted by Crippen LogP contribution is -2.36. The van der Waals surface area contributed by atoms with Crippen LogP contribution in [0.4, 0.5) is 5.69 Å². The Morgan fingerprint density at radius 1 is 1.10 bits per heavy atom. The SMILES string of the molecule is CCC(Nc1cccc(C)c1)C(=O)NN=Cc1ccccc1OCc1cccc(Br)c1. The third-order valence-corrected chi connectivity index (χ3v) is 5.16. The van der Waals surface area contributed by atoms with Gasteiger partial charge in [0.15, 0.2) is 0 Å². The molecule has 0 fully saturated rings. The number of halogens is 1. The zero-order chi connectivity index (χ0) is 22.1. The minimum absolute atomic E-state index is 0.187. The van der Waals surface area contributed by atoms with E-state index in [0.29, 0.717) is 18.8 Å². The zero-order valence-electron chi connectivity index (χ0n) is 17.6. The highest BCUT2D eigenvalue weighted by atomic mass is 79.9. The molecule has 31 heavy (non-hydrogen) atoms. The molecule has 1 atom stereocenters.